The minimum Gasteiger partial charge on any atom is -0.345 e. The average Bonchev–Trinajstić information content (AvgIpc) is 2.44. The lowest BCUT2D eigenvalue weighted by Gasteiger charge is -2.30. The molecule has 0 saturated heterocycles. The maximum Gasteiger partial charge on any atom is 0.305 e. The number of nitro groups is 1. The number of nitrogens with one attached hydrogen (secondary N) is 1. The third-order valence-corrected chi connectivity index (χ3v) is 5.21. The van der Waals surface area contributed by atoms with Crippen molar-refractivity contribution >= 4 is 43.5 Å². The zero-order chi connectivity index (χ0) is 16.2. The van der Waals surface area contributed by atoms with Crippen LogP contribution in [0.3, 0.4) is 0 Å². The van der Waals surface area contributed by atoms with Crippen LogP contribution >= 0.6 is 31.9 Å². The largest absolute Gasteiger partial charge is 0.345 e. The quantitative estimate of drug-likeness (QED) is 0.427. The van der Waals surface area contributed by atoms with Crippen molar-refractivity contribution in [1.82, 2.24) is 5.32 Å². The second kappa shape index (κ2) is 7.26. The van der Waals surface area contributed by atoms with Crippen LogP contribution in [0.5, 0.6) is 0 Å². The smallest absolute Gasteiger partial charge is 0.305 e. The van der Waals surface area contributed by atoms with Crippen molar-refractivity contribution in [2.24, 2.45) is 0 Å². The Labute approximate surface area is 136 Å². The number of halogens is 4. The molecule has 1 N–H and O–H groups in total. The van der Waals surface area contributed by atoms with Gasteiger partial charge < -0.3 is 5.32 Å². The first-order valence-corrected chi connectivity index (χ1v) is 8.13. The Kier molecular flexibility index (Phi) is 6.21. The summed E-state index contributed by atoms with van der Waals surface area (Å²) in [5.74, 6) is -3.66. The fourth-order valence-electron chi connectivity index (χ4n) is 1.57. The van der Waals surface area contributed by atoms with Gasteiger partial charge in [0.25, 0.3) is 5.91 Å². The summed E-state index contributed by atoms with van der Waals surface area (Å²) in [5.41, 5.74) is -2.65. The predicted octanol–water partition coefficient (Wildman–Crippen LogP) is 3.54. The number of hydrogen-bond acceptors (Lipinski definition) is 3. The summed E-state index contributed by atoms with van der Waals surface area (Å²) in [4.78, 5) is 21.7. The highest BCUT2D eigenvalue weighted by atomic mass is 79.9. The van der Waals surface area contributed by atoms with Gasteiger partial charge in [0.2, 0.25) is 5.82 Å². The van der Waals surface area contributed by atoms with Crippen LogP contribution in [-0.4, -0.2) is 27.0 Å². The Morgan fingerprint density at radius 3 is 2.38 bits per heavy atom. The summed E-state index contributed by atoms with van der Waals surface area (Å²) >= 11 is 6.46. The van der Waals surface area contributed by atoms with E-state index in [1.54, 1.807) is 6.92 Å². The van der Waals surface area contributed by atoms with E-state index in [0.717, 1.165) is 0 Å². The summed E-state index contributed by atoms with van der Waals surface area (Å²) in [6.07, 6.45) is 0.493. The number of hydrogen-bond donors (Lipinski definition) is 1. The van der Waals surface area contributed by atoms with Gasteiger partial charge in [-0.25, -0.2) is 4.39 Å². The molecule has 0 saturated carbocycles. The molecule has 0 unspecified atom stereocenters. The first kappa shape index (κ1) is 18.0. The van der Waals surface area contributed by atoms with Crippen molar-refractivity contribution in [2.75, 3.05) is 10.7 Å². The molecule has 1 aromatic carbocycles. The topological polar surface area (TPSA) is 72.2 Å². The zero-order valence-corrected chi connectivity index (χ0v) is 14.1. The Morgan fingerprint density at radius 1 is 1.38 bits per heavy atom. The number of nitro benzene ring substituents is 1. The van der Waals surface area contributed by atoms with Crippen LogP contribution in [0.2, 0.25) is 0 Å². The maximum atomic E-state index is 14.0. The van der Waals surface area contributed by atoms with E-state index in [4.69, 9.17) is 0 Å². The van der Waals surface area contributed by atoms with Gasteiger partial charge in [0, 0.05) is 16.7 Å². The molecular formula is C12H12Br2F2N2O3. The molecule has 0 aliphatic rings. The summed E-state index contributed by atoms with van der Waals surface area (Å²) in [6.45, 7) is 1.79. The first-order valence-electron chi connectivity index (χ1n) is 5.88. The molecule has 0 aromatic heterocycles. The maximum absolute atomic E-state index is 14.0. The summed E-state index contributed by atoms with van der Waals surface area (Å²) in [7, 11) is 0. The van der Waals surface area contributed by atoms with Gasteiger partial charge in [0.05, 0.1) is 10.5 Å². The molecular weight excluding hydrogens is 418 g/mol. The molecule has 1 aromatic rings. The minimum atomic E-state index is -1.48. The summed E-state index contributed by atoms with van der Waals surface area (Å²) in [5, 5.41) is 13.9. The summed E-state index contributed by atoms with van der Waals surface area (Å²) in [6, 6.07) is 1.38. The zero-order valence-electron chi connectivity index (χ0n) is 11.0. The van der Waals surface area contributed by atoms with Crippen molar-refractivity contribution in [3.8, 4) is 0 Å². The van der Waals surface area contributed by atoms with Gasteiger partial charge >= 0.3 is 5.69 Å². The predicted molar refractivity (Wildman–Crippen MR) is 81.1 cm³/mol. The fourth-order valence-corrected chi connectivity index (χ4v) is 3.58. The summed E-state index contributed by atoms with van der Waals surface area (Å²) < 4.78 is 27.6. The average molecular weight is 430 g/mol. The lowest BCUT2D eigenvalue weighted by Crippen LogP contribution is -2.51. The molecule has 0 radical (unpaired) electrons. The molecule has 0 aliphatic carbocycles. The van der Waals surface area contributed by atoms with E-state index in [-0.39, 0.29) is 0 Å². The number of amides is 1. The van der Waals surface area contributed by atoms with E-state index in [9.17, 15) is 23.7 Å². The third kappa shape index (κ3) is 3.76. The van der Waals surface area contributed by atoms with Crippen molar-refractivity contribution in [1.29, 1.82) is 0 Å². The van der Waals surface area contributed by atoms with Crippen LogP contribution in [0.4, 0.5) is 14.5 Å². The highest BCUT2D eigenvalue weighted by Gasteiger charge is 2.32. The molecule has 21 heavy (non-hydrogen) atoms. The second-order valence-corrected chi connectivity index (χ2v) is 5.49. The molecule has 0 spiro atoms. The number of carbonyl (C=O) groups is 1. The van der Waals surface area contributed by atoms with E-state index < -0.39 is 39.3 Å². The van der Waals surface area contributed by atoms with E-state index >= 15 is 0 Å². The molecule has 0 heterocycles. The van der Waals surface area contributed by atoms with Crippen molar-refractivity contribution < 1.29 is 18.5 Å². The van der Waals surface area contributed by atoms with Gasteiger partial charge in [-0.3, -0.25) is 14.9 Å². The van der Waals surface area contributed by atoms with Crippen LogP contribution in [-0.2, 0) is 0 Å². The van der Waals surface area contributed by atoms with Gasteiger partial charge in [-0.05, 0) is 12.5 Å². The number of nitrogens with zero attached hydrogens (tertiary/aromatic N) is 1. The molecule has 0 bridgehead atoms. The molecule has 0 atom stereocenters. The highest BCUT2D eigenvalue weighted by molar-refractivity contribution is 9.09. The third-order valence-electron chi connectivity index (χ3n) is 3.06. The lowest BCUT2D eigenvalue weighted by atomic mass is 10.0. The van der Waals surface area contributed by atoms with Crippen LogP contribution < -0.4 is 5.32 Å². The molecule has 1 rings (SSSR count). The monoisotopic (exact) mass is 428 g/mol. The van der Waals surface area contributed by atoms with Gasteiger partial charge in [0.15, 0.2) is 0 Å². The van der Waals surface area contributed by atoms with Gasteiger partial charge in [-0.1, -0.05) is 38.8 Å². The van der Waals surface area contributed by atoms with Gasteiger partial charge in [-0.2, -0.15) is 4.39 Å². The fraction of sp³-hybridized carbons (Fsp3) is 0.417. The van der Waals surface area contributed by atoms with E-state index in [1.807, 2.05) is 0 Å². The Morgan fingerprint density at radius 2 is 1.95 bits per heavy atom. The minimum absolute atomic E-state index is 0.353. The van der Waals surface area contributed by atoms with Crippen molar-refractivity contribution in [3.05, 3.63) is 39.4 Å². The Balaban J connectivity index is 3.25. The SMILES string of the molecule is CCC(CBr)(CBr)NC(=O)c1c(F)ccc([N+](=O)[O-])c1F. The van der Waals surface area contributed by atoms with Crippen molar-refractivity contribution in [2.45, 2.75) is 18.9 Å². The molecule has 0 fully saturated rings. The molecule has 116 valence electrons. The van der Waals surface area contributed by atoms with Crippen LogP contribution in [0.1, 0.15) is 23.7 Å². The molecule has 5 nitrogen and oxygen atoms in total. The van der Waals surface area contributed by atoms with Crippen LogP contribution in [0, 0.1) is 21.7 Å². The van der Waals surface area contributed by atoms with Gasteiger partial charge in [-0.15, -0.1) is 0 Å². The van der Waals surface area contributed by atoms with E-state index in [2.05, 4.69) is 37.2 Å². The normalized spacial score (nSPS) is 11.3. The van der Waals surface area contributed by atoms with Gasteiger partial charge in [0.1, 0.15) is 11.4 Å². The lowest BCUT2D eigenvalue weighted by molar-refractivity contribution is -0.387. The van der Waals surface area contributed by atoms with Crippen LogP contribution in [0.15, 0.2) is 12.1 Å². The highest BCUT2D eigenvalue weighted by Crippen LogP contribution is 2.24. The number of benzene rings is 1. The number of carbonyl (C=O) groups excluding carboxylic acids is 1. The van der Waals surface area contributed by atoms with E-state index in [0.29, 0.717) is 29.2 Å². The first-order chi connectivity index (χ1) is 9.81. The second-order valence-electron chi connectivity index (χ2n) is 4.37. The van der Waals surface area contributed by atoms with Crippen molar-refractivity contribution in [3.63, 3.8) is 0 Å². The molecule has 1 amide bonds. The number of alkyl halides is 2. The Bertz CT molecular complexity index is 557. The molecule has 0 aliphatic heterocycles. The molecule has 9 heteroatoms. The number of rotatable bonds is 6. The van der Waals surface area contributed by atoms with E-state index in [1.165, 1.54) is 0 Å². The Hall–Kier alpha value is -1.09. The standard InChI is InChI=1S/C12H12Br2F2N2O3/c1-2-12(5-13,6-14)17-11(19)9-7(15)3-4-8(10(9)16)18(20)21/h3-4H,2,5-6H2,1H3,(H,17,19). The van der Waals surface area contributed by atoms with Crippen LogP contribution in [0.25, 0.3) is 0 Å².